The minimum Gasteiger partial charge on any atom is -0.507 e. The summed E-state index contributed by atoms with van der Waals surface area (Å²) >= 11 is 0. The molecular formula is C23H26FN5O3. The average Bonchev–Trinajstić information content (AvgIpc) is 3.39. The van der Waals surface area contributed by atoms with Crippen LogP contribution in [0.3, 0.4) is 0 Å². The molecule has 9 heteroatoms. The van der Waals surface area contributed by atoms with Crippen LogP contribution in [0.25, 0.3) is 22.2 Å². The maximum atomic E-state index is 14.9. The standard InChI is InChI=1S/C23H26FN5O3/c1-28(2)23(31)20-9-12-8-18(30)14(11-19(12)32-20)15-6-7-21(27-26-15)29(3)17-10-13-4-5-16(25-13)22(17)24/h6-9,11,13,16-17,22,25,30H,4-5,10H2,1-3H3/t13-,16+,17-,22+/m1/s1. The number of carbonyl (C=O) groups excluding carboxylic acids is 1. The molecule has 2 bridgehead atoms. The molecule has 0 aliphatic carbocycles. The van der Waals surface area contributed by atoms with Crippen molar-refractivity contribution in [3.05, 3.63) is 36.1 Å². The fourth-order valence-electron chi connectivity index (χ4n) is 4.78. The Hall–Kier alpha value is -3.20. The van der Waals surface area contributed by atoms with E-state index in [-0.39, 0.29) is 29.5 Å². The first-order chi connectivity index (χ1) is 15.3. The Bertz CT molecular complexity index is 1160. The van der Waals surface area contributed by atoms with Gasteiger partial charge in [-0.3, -0.25) is 4.79 Å². The number of aromatic nitrogens is 2. The van der Waals surface area contributed by atoms with Crippen LogP contribution in [-0.2, 0) is 0 Å². The van der Waals surface area contributed by atoms with Crippen molar-refractivity contribution >= 4 is 22.7 Å². The third-order valence-corrected chi connectivity index (χ3v) is 6.59. The van der Waals surface area contributed by atoms with Gasteiger partial charge in [0, 0.05) is 44.2 Å². The van der Waals surface area contributed by atoms with Crippen LogP contribution < -0.4 is 10.2 Å². The van der Waals surface area contributed by atoms with E-state index >= 15 is 0 Å². The molecule has 2 saturated heterocycles. The predicted octanol–water partition coefficient (Wildman–Crippen LogP) is 2.96. The highest BCUT2D eigenvalue weighted by molar-refractivity contribution is 5.97. The number of hydrogen-bond donors (Lipinski definition) is 2. The molecule has 8 nitrogen and oxygen atoms in total. The SMILES string of the molecule is CN(C)C(=O)c1cc2cc(O)c(-c3ccc(N(C)[C@@H]4C[C@H]5CC[C@H](N5)[C@@H]4F)nn3)cc2o1. The Kier molecular flexibility index (Phi) is 5.00. The summed E-state index contributed by atoms with van der Waals surface area (Å²) in [7, 11) is 5.14. The number of amides is 1. The third-order valence-electron chi connectivity index (χ3n) is 6.59. The molecule has 2 N–H and O–H groups in total. The summed E-state index contributed by atoms with van der Waals surface area (Å²) in [6, 6.07) is 8.35. The van der Waals surface area contributed by atoms with E-state index in [0.717, 1.165) is 19.3 Å². The zero-order valence-electron chi connectivity index (χ0n) is 18.2. The number of benzene rings is 1. The molecule has 3 aromatic rings. The van der Waals surface area contributed by atoms with Crippen LogP contribution in [0.1, 0.15) is 29.8 Å². The van der Waals surface area contributed by atoms with Gasteiger partial charge >= 0.3 is 0 Å². The van der Waals surface area contributed by atoms with Crippen LogP contribution in [-0.4, -0.2) is 71.6 Å². The second-order valence-electron chi connectivity index (χ2n) is 8.90. The lowest BCUT2D eigenvalue weighted by Crippen LogP contribution is -2.55. The molecule has 1 amide bonds. The highest BCUT2D eigenvalue weighted by Gasteiger charge is 2.43. The molecule has 1 aromatic carbocycles. The monoisotopic (exact) mass is 439 g/mol. The van der Waals surface area contributed by atoms with Crippen molar-refractivity contribution in [2.45, 2.75) is 43.6 Å². The Morgan fingerprint density at radius 2 is 2.00 bits per heavy atom. The Morgan fingerprint density at radius 3 is 2.72 bits per heavy atom. The van der Waals surface area contributed by atoms with Gasteiger partial charge in [-0.05, 0) is 49.6 Å². The molecule has 168 valence electrons. The summed E-state index contributed by atoms with van der Waals surface area (Å²) in [6.45, 7) is 0. The highest BCUT2D eigenvalue weighted by atomic mass is 19.1. The second kappa shape index (κ2) is 7.74. The predicted molar refractivity (Wildman–Crippen MR) is 119 cm³/mol. The number of piperidine rings is 1. The topological polar surface area (TPSA) is 94.7 Å². The number of carbonyl (C=O) groups is 1. The van der Waals surface area contributed by atoms with Gasteiger partial charge in [0.05, 0.1) is 11.7 Å². The zero-order valence-corrected chi connectivity index (χ0v) is 18.2. The molecule has 0 unspecified atom stereocenters. The summed E-state index contributed by atoms with van der Waals surface area (Å²) in [6.07, 6.45) is 1.67. The number of fused-ring (bicyclic) bond motifs is 3. The van der Waals surface area contributed by atoms with Crippen LogP contribution in [0.5, 0.6) is 5.75 Å². The molecule has 2 aromatic heterocycles. The number of nitrogens with zero attached hydrogens (tertiary/aromatic N) is 4. The van der Waals surface area contributed by atoms with E-state index in [0.29, 0.717) is 34.1 Å². The Labute approximate surface area is 185 Å². The zero-order chi connectivity index (χ0) is 22.6. The Morgan fingerprint density at radius 1 is 1.19 bits per heavy atom. The van der Waals surface area contributed by atoms with Crippen molar-refractivity contribution in [2.24, 2.45) is 0 Å². The van der Waals surface area contributed by atoms with Crippen molar-refractivity contribution in [1.82, 2.24) is 20.4 Å². The van der Waals surface area contributed by atoms with E-state index in [2.05, 4.69) is 15.5 Å². The van der Waals surface area contributed by atoms with Gasteiger partial charge in [0.1, 0.15) is 17.5 Å². The smallest absolute Gasteiger partial charge is 0.289 e. The van der Waals surface area contributed by atoms with E-state index < -0.39 is 6.17 Å². The lowest BCUT2D eigenvalue weighted by molar-refractivity contribution is 0.0799. The number of anilines is 1. The molecule has 4 heterocycles. The summed E-state index contributed by atoms with van der Waals surface area (Å²) < 4.78 is 20.6. The molecule has 2 aliphatic rings. The quantitative estimate of drug-likeness (QED) is 0.645. The lowest BCUT2D eigenvalue weighted by Gasteiger charge is -2.38. The van der Waals surface area contributed by atoms with Crippen LogP contribution in [0, 0.1) is 0 Å². The van der Waals surface area contributed by atoms with Gasteiger partial charge in [0.15, 0.2) is 11.6 Å². The summed E-state index contributed by atoms with van der Waals surface area (Å²) in [5.41, 5.74) is 1.37. The van der Waals surface area contributed by atoms with Crippen LogP contribution in [0.2, 0.25) is 0 Å². The first-order valence-corrected chi connectivity index (χ1v) is 10.8. The molecule has 5 rings (SSSR count). The van der Waals surface area contributed by atoms with Crippen molar-refractivity contribution in [3.8, 4) is 17.0 Å². The number of rotatable bonds is 4. The van der Waals surface area contributed by atoms with E-state index in [4.69, 9.17) is 4.42 Å². The molecule has 0 spiro atoms. The molecule has 0 saturated carbocycles. The fourth-order valence-corrected chi connectivity index (χ4v) is 4.78. The van der Waals surface area contributed by atoms with Crippen molar-refractivity contribution in [1.29, 1.82) is 0 Å². The molecule has 32 heavy (non-hydrogen) atoms. The number of phenols is 1. The number of hydrogen-bond acceptors (Lipinski definition) is 7. The minimum absolute atomic E-state index is 0.0105. The average molecular weight is 439 g/mol. The fraction of sp³-hybridized carbons (Fsp3) is 0.435. The van der Waals surface area contributed by atoms with E-state index in [1.54, 1.807) is 44.4 Å². The van der Waals surface area contributed by atoms with Crippen LogP contribution in [0.4, 0.5) is 10.2 Å². The van der Waals surface area contributed by atoms with Gasteiger partial charge < -0.3 is 24.6 Å². The molecule has 2 aliphatic heterocycles. The largest absolute Gasteiger partial charge is 0.507 e. The van der Waals surface area contributed by atoms with Gasteiger partial charge in [0.25, 0.3) is 5.91 Å². The summed E-state index contributed by atoms with van der Waals surface area (Å²) in [5.74, 6) is 0.532. The normalized spacial score (nSPS) is 24.6. The third kappa shape index (κ3) is 3.46. The maximum Gasteiger partial charge on any atom is 0.289 e. The van der Waals surface area contributed by atoms with Crippen molar-refractivity contribution < 1.29 is 18.7 Å². The lowest BCUT2D eigenvalue weighted by atomic mass is 9.96. The van der Waals surface area contributed by atoms with Crippen molar-refractivity contribution in [3.63, 3.8) is 0 Å². The summed E-state index contributed by atoms with van der Waals surface area (Å²) in [4.78, 5) is 15.5. The van der Waals surface area contributed by atoms with Crippen LogP contribution in [0.15, 0.2) is 34.7 Å². The molecule has 2 fully saturated rings. The first kappa shape index (κ1) is 20.7. The number of aromatic hydroxyl groups is 1. The number of halogens is 1. The van der Waals surface area contributed by atoms with Gasteiger partial charge in [-0.25, -0.2) is 4.39 Å². The number of furan rings is 1. The highest BCUT2D eigenvalue weighted by Crippen LogP contribution is 2.36. The molecule has 4 atom stereocenters. The molecule has 0 radical (unpaired) electrons. The van der Waals surface area contributed by atoms with Crippen molar-refractivity contribution in [2.75, 3.05) is 26.0 Å². The van der Waals surface area contributed by atoms with Gasteiger partial charge in [0.2, 0.25) is 0 Å². The summed E-state index contributed by atoms with van der Waals surface area (Å²) in [5, 5.41) is 23.1. The molecular weight excluding hydrogens is 413 g/mol. The second-order valence-corrected chi connectivity index (χ2v) is 8.90. The van der Waals surface area contributed by atoms with E-state index in [1.165, 1.54) is 4.90 Å². The van der Waals surface area contributed by atoms with Gasteiger partial charge in [-0.15, -0.1) is 10.2 Å². The number of alkyl halides is 1. The Balaban J connectivity index is 1.41. The number of phenolic OH excluding ortho intramolecular Hbond substituents is 1. The minimum atomic E-state index is -0.954. The van der Waals surface area contributed by atoms with Crippen LogP contribution >= 0.6 is 0 Å². The maximum absolute atomic E-state index is 14.9. The van der Waals surface area contributed by atoms with E-state index in [1.807, 2.05) is 11.9 Å². The van der Waals surface area contributed by atoms with Gasteiger partial charge in [-0.1, -0.05) is 0 Å². The number of nitrogens with one attached hydrogen (secondary N) is 1. The van der Waals surface area contributed by atoms with E-state index in [9.17, 15) is 14.3 Å². The van der Waals surface area contributed by atoms with Gasteiger partial charge in [-0.2, -0.15) is 0 Å². The first-order valence-electron chi connectivity index (χ1n) is 10.8.